The first-order chi connectivity index (χ1) is 9.11. The third-order valence-corrected chi connectivity index (χ3v) is 4.30. The van der Waals surface area contributed by atoms with Gasteiger partial charge in [0.2, 0.25) is 0 Å². The molecule has 0 spiro atoms. The molecule has 0 aliphatic carbocycles. The number of hydrogen-bond acceptors (Lipinski definition) is 3. The van der Waals surface area contributed by atoms with Gasteiger partial charge in [0.15, 0.2) is 0 Å². The van der Waals surface area contributed by atoms with Crippen LogP contribution in [0.5, 0.6) is 0 Å². The quantitative estimate of drug-likeness (QED) is 0.849. The highest BCUT2D eigenvalue weighted by Gasteiger charge is 2.11. The average Bonchev–Trinajstić information content (AvgIpc) is 2.85. The zero-order valence-corrected chi connectivity index (χ0v) is 12.8. The Labute approximate surface area is 124 Å². The van der Waals surface area contributed by atoms with E-state index in [2.05, 4.69) is 34.2 Å². The number of anilines is 1. The molecule has 0 saturated heterocycles. The number of halogens is 1. The molecular weight excluding hydrogens is 326 g/mol. The van der Waals surface area contributed by atoms with Crippen LogP contribution in [0.15, 0.2) is 34.1 Å². The summed E-state index contributed by atoms with van der Waals surface area (Å²) in [5.41, 5.74) is 3.08. The number of thiophene rings is 1. The van der Waals surface area contributed by atoms with E-state index in [4.69, 9.17) is 5.11 Å². The van der Waals surface area contributed by atoms with Crippen molar-refractivity contribution in [2.45, 2.75) is 19.9 Å². The summed E-state index contributed by atoms with van der Waals surface area (Å²) in [5.74, 6) is -0.863. The normalized spacial score (nSPS) is 10.4. The lowest BCUT2D eigenvalue weighted by Crippen LogP contribution is -2.05. The van der Waals surface area contributed by atoms with Gasteiger partial charge in [-0.2, -0.15) is 0 Å². The molecular formula is C14H14BrNO2S. The van der Waals surface area contributed by atoms with Crippen LogP contribution in [0.4, 0.5) is 5.69 Å². The lowest BCUT2D eigenvalue weighted by molar-refractivity contribution is 0.0701. The molecule has 1 aromatic heterocycles. The number of carboxylic acids is 1. The fourth-order valence-corrected chi connectivity index (χ4v) is 3.05. The Balaban J connectivity index is 2.14. The molecule has 0 aliphatic heterocycles. The van der Waals surface area contributed by atoms with Crippen molar-refractivity contribution in [3.05, 3.63) is 50.1 Å². The third-order valence-electron chi connectivity index (χ3n) is 2.86. The fourth-order valence-electron chi connectivity index (χ4n) is 1.88. The molecule has 0 saturated carbocycles. The molecule has 3 nitrogen and oxygen atoms in total. The second kappa shape index (κ2) is 6.21. The van der Waals surface area contributed by atoms with Gasteiger partial charge in [0, 0.05) is 16.7 Å². The van der Waals surface area contributed by atoms with Crippen molar-refractivity contribution in [3.8, 4) is 0 Å². The second-order valence-electron chi connectivity index (χ2n) is 4.09. The lowest BCUT2D eigenvalue weighted by atomic mass is 10.1. The Morgan fingerprint density at radius 2 is 2.16 bits per heavy atom. The van der Waals surface area contributed by atoms with Gasteiger partial charge in [0.25, 0.3) is 0 Å². The number of rotatable bonds is 5. The summed E-state index contributed by atoms with van der Waals surface area (Å²) in [5, 5.41) is 14.2. The van der Waals surface area contributed by atoms with E-state index >= 15 is 0 Å². The molecule has 5 heteroatoms. The van der Waals surface area contributed by atoms with Gasteiger partial charge in [0.1, 0.15) is 4.88 Å². The Morgan fingerprint density at radius 1 is 1.37 bits per heavy atom. The van der Waals surface area contributed by atoms with Crippen LogP contribution in [-0.4, -0.2) is 11.1 Å². The molecule has 2 rings (SSSR count). The first-order valence-electron chi connectivity index (χ1n) is 5.93. The Kier molecular flexibility index (Phi) is 4.61. The number of benzene rings is 1. The van der Waals surface area contributed by atoms with E-state index < -0.39 is 5.97 Å². The van der Waals surface area contributed by atoms with Gasteiger partial charge in [0.05, 0.1) is 0 Å². The van der Waals surface area contributed by atoms with E-state index in [0.29, 0.717) is 11.4 Å². The monoisotopic (exact) mass is 339 g/mol. The number of aromatic carboxylic acids is 1. The highest BCUT2D eigenvalue weighted by Crippen LogP contribution is 2.23. The summed E-state index contributed by atoms with van der Waals surface area (Å²) >= 11 is 4.71. The van der Waals surface area contributed by atoms with Crippen molar-refractivity contribution < 1.29 is 9.90 Å². The molecule has 0 aliphatic rings. The number of carbonyl (C=O) groups is 1. The fraction of sp³-hybridized carbons (Fsp3) is 0.214. The van der Waals surface area contributed by atoms with Crippen LogP contribution < -0.4 is 5.32 Å². The van der Waals surface area contributed by atoms with Crippen molar-refractivity contribution in [2.24, 2.45) is 0 Å². The molecule has 100 valence electrons. The molecule has 2 N–H and O–H groups in total. The van der Waals surface area contributed by atoms with Gasteiger partial charge in [-0.3, -0.25) is 0 Å². The Hall–Kier alpha value is -1.33. The van der Waals surface area contributed by atoms with Crippen LogP contribution in [-0.2, 0) is 13.0 Å². The van der Waals surface area contributed by atoms with E-state index in [1.165, 1.54) is 16.9 Å². The number of aryl methyl sites for hydroxylation is 1. The van der Waals surface area contributed by atoms with E-state index in [1.54, 1.807) is 0 Å². The Bertz CT molecular complexity index is 595. The van der Waals surface area contributed by atoms with E-state index in [9.17, 15) is 4.79 Å². The van der Waals surface area contributed by atoms with Crippen LogP contribution >= 0.6 is 27.3 Å². The minimum Gasteiger partial charge on any atom is -0.477 e. The van der Waals surface area contributed by atoms with Gasteiger partial charge >= 0.3 is 5.97 Å². The minimum atomic E-state index is -0.863. The standard InChI is InChI=1S/C14H14BrNO2S/c1-2-9-7-11(15)3-4-12(9)16-8-10-5-6-19-13(10)14(17)18/h3-7,16H,2,8H2,1H3,(H,17,18). The summed E-state index contributed by atoms with van der Waals surface area (Å²) < 4.78 is 1.05. The largest absolute Gasteiger partial charge is 0.477 e. The zero-order valence-electron chi connectivity index (χ0n) is 10.4. The highest BCUT2D eigenvalue weighted by atomic mass is 79.9. The molecule has 0 fully saturated rings. The third kappa shape index (κ3) is 3.36. The molecule has 19 heavy (non-hydrogen) atoms. The van der Waals surface area contributed by atoms with Gasteiger partial charge in [-0.15, -0.1) is 11.3 Å². The summed E-state index contributed by atoms with van der Waals surface area (Å²) in [7, 11) is 0. The van der Waals surface area contributed by atoms with Gasteiger partial charge in [-0.05, 0) is 47.2 Å². The first-order valence-corrected chi connectivity index (χ1v) is 7.61. The molecule has 0 amide bonds. The van der Waals surface area contributed by atoms with Crippen molar-refractivity contribution >= 4 is 38.9 Å². The smallest absolute Gasteiger partial charge is 0.346 e. The summed E-state index contributed by atoms with van der Waals surface area (Å²) in [4.78, 5) is 11.4. The topological polar surface area (TPSA) is 49.3 Å². The summed E-state index contributed by atoms with van der Waals surface area (Å²) in [6.45, 7) is 2.62. The number of nitrogens with one attached hydrogen (secondary N) is 1. The molecule has 0 bridgehead atoms. The summed E-state index contributed by atoms with van der Waals surface area (Å²) in [6.07, 6.45) is 0.928. The summed E-state index contributed by atoms with van der Waals surface area (Å²) in [6, 6.07) is 7.92. The molecule has 2 aromatic rings. The van der Waals surface area contributed by atoms with Crippen LogP contribution in [0.1, 0.15) is 27.7 Å². The van der Waals surface area contributed by atoms with Gasteiger partial charge in [-0.1, -0.05) is 22.9 Å². The maximum atomic E-state index is 11.0. The van der Waals surface area contributed by atoms with Gasteiger partial charge in [-0.25, -0.2) is 4.79 Å². The van der Waals surface area contributed by atoms with E-state index in [0.717, 1.165) is 22.1 Å². The van der Waals surface area contributed by atoms with Gasteiger partial charge < -0.3 is 10.4 Å². The second-order valence-corrected chi connectivity index (χ2v) is 5.92. The molecule has 0 radical (unpaired) electrons. The highest BCUT2D eigenvalue weighted by molar-refractivity contribution is 9.10. The van der Waals surface area contributed by atoms with Crippen molar-refractivity contribution in [2.75, 3.05) is 5.32 Å². The first kappa shape index (κ1) is 14.1. The van der Waals surface area contributed by atoms with Crippen LogP contribution in [0.25, 0.3) is 0 Å². The predicted molar refractivity (Wildman–Crippen MR) is 82.1 cm³/mol. The van der Waals surface area contributed by atoms with E-state index in [1.807, 2.05) is 23.6 Å². The maximum absolute atomic E-state index is 11.0. The Morgan fingerprint density at radius 3 is 2.84 bits per heavy atom. The van der Waals surface area contributed by atoms with Crippen LogP contribution in [0.3, 0.4) is 0 Å². The van der Waals surface area contributed by atoms with Crippen LogP contribution in [0.2, 0.25) is 0 Å². The number of hydrogen-bond donors (Lipinski definition) is 2. The molecule has 1 heterocycles. The minimum absolute atomic E-state index is 0.405. The SMILES string of the molecule is CCc1cc(Br)ccc1NCc1ccsc1C(=O)O. The molecule has 1 aromatic carbocycles. The van der Waals surface area contributed by atoms with E-state index in [-0.39, 0.29) is 0 Å². The molecule has 0 unspecified atom stereocenters. The zero-order chi connectivity index (χ0) is 13.8. The average molecular weight is 340 g/mol. The predicted octanol–water partition coefficient (Wildman–Crippen LogP) is 4.38. The molecule has 0 atom stereocenters. The maximum Gasteiger partial charge on any atom is 0.346 e. The lowest BCUT2D eigenvalue weighted by Gasteiger charge is -2.11. The number of carboxylic acid groups (broad SMARTS) is 1. The van der Waals surface area contributed by atoms with Crippen molar-refractivity contribution in [3.63, 3.8) is 0 Å². The van der Waals surface area contributed by atoms with Crippen molar-refractivity contribution in [1.29, 1.82) is 0 Å². The van der Waals surface area contributed by atoms with Crippen molar-refractivity contribution in [1.82, 2.24) is 0 Å². The van der Waals surface area contributed by atoms with Crippen LogP contribution in [0, 0.1) is 0 Å².